The quantitative estimate of drug-likeness (QED) is 0.377. The van der Waals surface area contributed by atoms with E-state index >= 15 is 0 Å². The van der Waals surface area contributed by atoms with Crippen LogP contribution in [-0.4, -0.2) is 49.2 Å². The Morgan fingerprint density at radius 1 is 1.06 bits per heavy atom. The summed E-state index contributed by atoms with van der Waals surface area (Å²) in [4.78, 5) is 17.2. The summed E-state index contributed by atoms with van der Waals surface area (Å²) in [6.45, 7) is 1.35. The van der Waals surface area contributed by atoms with Gasteiger partial charge in [-0.05, 0) is 47.7 Å². The Balaban J connectivity index is 1.53. The average molecular weight is 479 g/mol. The number of benzene rings is 2. The fraction of sp³-hybridized carbons (Fsp3) is 0.182. The minimum absolute atomic E-state index is 0.174. The highest BCUT2D eigenvalue weighted by molar-refractivity contribution is 5.40. The van der Waals surface area contributed by atoms with Gasteiger partial charge in [-0.25, -0.2) is 27.9 Å². The summed E-state index contributed by atoms with van der Waals surface area (Å²) in [5, 5.41) is 26.8. The van der Waals surface area contributed by atoms with Crippen molar-refractivity contribution < 1.29 is 13.9 Å². The number of imidazole rings is 1. The van der Waals surface area contributed by atoms with E-state index in [4.69, 9.17) is 0 Å². The van der Waals surface area contributed by atoms with E-state index in [1.807, 2.05) is 0 Å². The van der Waals surface area contributed by atoms with Crippen molar-refractivity contribution in [3.63, 3.8) is 0 Å². The molecule has 1 N–H and O–H groups in total. The molecule has 0 amide bonds. The Bertz CT molecular complexity index is 1490. The van der Waals surface area contributed by atoms with Crippen LogP contribution in [0.15, 0.2) is 78.6 Å². The molecule has 0 bridgehead atoms. The van der Waals surface area contributed by atoms with E-state index in [1.54, 1.807) is 37.4 Å². The van der Waals surface area contributed by atoms with E-state index in [9.17, 15) is 18.7 Å². The Hall–Kier alpha value is -4.52. The summed E-state index contributed by atoms with van der Waals surface area (Å²) in [5.41, 5.74) is -1.34. The van der Waals surface area contributed by atoms with Gasteiger partial charge in [0, 0.05) is 24.0 Å². The summed E-state index contributed by atoms with van der Waals surface area (Å²) < 4.78 is 33.9. The lowest BCUT2D eigenvalue weighted by Crippen LogP contribution is -2.43. The summed E-state index contributed by atoms with van der Waals surface area (Å²) in [6.07, 6.45) is 7.12. The third-order valence-corrected chi connectivity index (χ3v) is 5.92. The van der Waals surface area contributed by atoms with Gasteiger partial charge in [-0.3, -0.25) is 9.13 Å². The van der Waals surface area contributed by atoms with Crippen molar-refractivity contribution in [2.24, 2.45) is 0 Å². The summed E-state index contributed by atoms with van der Waals surface area (Å²) in [6, 6.07) is 8.86. The number of hydrogen-bond acceptors (Lipinski definition) is 7. The maximum absolute atomic E-state index is 14.8. The lowest BCUT2D eigenvalue weighted by molar-refractivity contribution is -0.0342. The van der Waals surface area contributed by atoms with Crippen LogP contribution in [-0.2, 0) is 12.1 Å². The van der Waals surface area contributed by atoms with Crippen LogP contribution in [0.4, 0.5) is 8.78 Å². The van der Waals surface area contributed by atoms with E-state index in [0.29, 0.717) is 17.4 Å². The summed E-state index contributed by atoms with van der Waals surface area (Å²) in [5.74, 6) is -1.72. The number of aromatic nitrogens is 9. The molecule has 0 saturated heterocycles. The topological polar surface area (TPSA) is 121 Å². The third kappa shape index (κ3) is 4.01. The van der Waals surface area contributed by atoms with Crippen molar-refractivity contribution in [1.82, 2.24) is 44.1 Å². The Morgan fingerprint density at radius 2 is 1.83 bits per heavy atom. The van der Waals surface area contributed by atoms with Crippen LogP contribution in [0.25, 0.3) is 11.4 Å². The number of halogens is 2. The average Bonchev–Trinajstić information content (AvgIpc) is 3.61. The molecular weight excluding hydrogens is 460 g/mol. The molecule has 35 heavy (non-hydrogen) atoms. The largest absolute Gasteiger partial charge is 0.381 e. The van der Waals surface area contributed by atoms with Gasteiger partial charge in [0.05, 0.1) is 24.0 Å². The van der Waals surface area contributed by atoms with E-state index < -0.39 is 29.0 Å². The molecule has 0 aliphatic rings. The molecule has 2 unspecified atom stereocenters. The maximum atomic E-state index is 14.8. The van der Waals surface area contributed by atoms with Crippen LogP contribution >= 0.6 is 0 Å². The molecule has 0 spiro atoms. The molecule has 0 aliphatic heterocycles. The van der Waals surface area contributed by atoms with Crippen molar-refractivity contribution in [3.05, 3.63) is 102 Å². The molecule has 3 aromatic heterocycles. The van der Waals surface area contributed by atoms with Crippen LogP contribution in [0, 0.1) is 11.6 Å². The van der Waals surface area contributed by atoms with Crippen molar-refractivity contribution in [1.29, 1.82) is 0 Å². The second-order valence-corrected chi connectivity index (χ2v) is 7.95. The number of aliphatic hydroxyl groups is 1. The highest BCUT2D eigenvalue weighted by Gasteiger charge is 2.41. The van der Waals surface area contributed by atoms with Crippen molar-refractivity contribution in [2.75, 3.05) is 0 Å². The number of hydrogen-bond donors (Lipinski definition) is 1. The molecule has 5 aromatic rings. The van der Waals surface area contributed by atoms with Crippen LogP contribution in [0.3, 0.4) is 0 Å². The summed E-state index contributed by atoms with van der Waals surface area (Å²) in [7, 11) is 0. The zero-order valence-electron chi connectivity index (χ0n) is 18.3. The first kappa shape index (κ1) is 22.3. The SMILES string of the molecule is CC(n1ccn(-c2ccc(-n3cnnn3)cc2)c1=O)C(O)(Cn1cncn1)c1ccc(F)cc1F. The van der Waals surface area contributed by atoms with Crippen LogP contribution in [0.5, 0.6) is 0 Å². The first-order chi connectivity index (χ1) is 16.9. The highest BCUT2D eigenvalue weighted by atomic mass is 19.1. The lowest BCUT2D eigenvalue weighted by Gasteiger charge is -2.35. The minimum Gasteiger partial charge on any atom is -0.381 e. The van der Waals surface area contributed by atoms with E-state index in [1.165, 1.54) is 43.7 Å². The van der Waals surface area contributed by atoms with E-state index in [-0.39, 0.29) is 12.1 Å². The molecule has 0 saturated carbocycles. The van der Waals surface area contributed by atoms with Gasteiger partial charge in [0.1, 0.15) is 36.2 Å². The number of nitrogens with zero attached hydrogens (tertiary/aromatic N) is 9. The van der Waals surface area contributed by atoms with Gasteiger partial charge in [-0.15, -0.1) is 5.10 Å². The van der Waals surface area contributed by atoms with Crippen LogP contribution < -0.4 is 5.69 Å². The molecule has 13 heteroatoms. The third-order valence-electron chi connectivity index (χ3n) is 5.92. The molecular formula is C22H19F2N9O2. The van der Waals surface area contributed by atoms with Crippen LogP contribution in [0.2, 0.25) is 0 Å². The van der Waals surface area contributed by atoms with Crippen LogP contribution in [0.1, 0.15) is 18.5 Å². The summed E-state index contributed by atoms with van der Waals surface area (Å²) >= 11 is 0. The molecule has 178 valence electrons. The molecule has 0 aliphatic carbocycles. The second kappa shape index (κ2) is 8.68. The normalized spacial score (nSPS) is 14.1. The predicted octanol–water partition coefficient (Wildman–Crippen LogP) is 1.63. The highest BCUT2D eigenvalue weighted by Crippen LogP contribution is 2.36. The number of tetrazole rings is 1. The van der Waals surface area contributed by atoms with E-state index in [0.717, 1.165) is 12.1 Å². The molecule has 2 aromatic carbocycles. The molecule has 11 nitrogen and oxygen atoms in total. The predicted molar refractivity (Wildman–Crippen MR) is 118 cm³/mol. The lowest BCUT2D eigenvalue weighted by atomic mass is 9.86. The number of rotatable bonds is 7. The van der Waals surface area contributed by atoms with Gasteiger partial charge >= 0.3 is 5.69 Å². The maximum Gasteiger partial charge on any atom is 0.333 e. The van der Waals surface area contributed by atoms with Gasteiger partial charge in [-0.1, -0.05) is 6.07 Å². The molecule has 5 rings (SSSR count). The first-order valence-electron chi connectivity index (χ1n) is 10.5. The van der Waals surface area contributed by atoms with Crippen molar-refractivity contribution in [2.45, 2.75) is 25.1 Å². The first-order valence-corrected chi connectivity index (χ1v) is 10.5. The van der Waals surface area contributed by atoms with E-state index in [2.05, 4.69) is 25.6 Å². The second-order valence-electron chi connectivity index (χ2n) is 7.95. The standard InChI is InChI=1S/C22H19F2N9O2/c1-15(22(35,11-30-13-25-12-27-30)19-7-2-16(23)10-20(19)24)31-8-9-32(21(31)34)17-3-5-18(6-4-17)33-14-26-28-29-33/h2-10,12-15,35H,11H2,1H3. The van der Waals surface area contributed by atoms with Gasteiger partial charge in [0.15, 0.2) is 0 Å². The van der Waals surface area contributed by atoms with Crippen molar-refractivity contribution >= 4 is 0 Å². The fourth-order valence-corrected chi connectivity index (χ4v) is 4.00. The molecule has 0 fully saturated rings. The molecule has 0 radical (unpaired) electrons. The Labute approximate surface area is 196 Å². The van der Waals surface area contributed by atoms with Crippen molar-refractivity contribution in [3.8, 4) is 11.4 Å². The van der Waals surface area contributed by atoms with Gasteiger partial charge in [0.25, 0.3) is 0 Å². The zero-order chi connectivity index (χ0) is 24.6. The van der Waals surface area contributed by atoms with Gasteiger partial charge < -0.3 is 5.11 Å². The smallest absolute Gasteiger partial charge is 0.333 e. The van der Waals surface area contributed by atoms with Gasteiger partial charge in [-0.2, -0.15) is 5.10 Å². The monoisotopic (exact) mass is 479 g/mol. The Morgan fingerprint density at radius 3 is 2.49 bits per heavy atom. The minimum atomic E-state index is -1.97. The van der Waals surface area contributed by atoms with Gasteiger partial charge in [0.2, 0.25) is 0 Å². The molecule has 2 atom stereocenters. The fourth-order valence-electron chi connectivity index (χ4n) is 4.00. The Kier molecular flexibility index (Phi) is 5.53. The zero-order valence-corrected chi connectivity index (χ0v) is 18.3. The molecule has 3 heterocycles.